The number of nitrogens with zero attached hydrogens (tertiary/aromatic N) is 2. The largest absolute Gasteiger partial charge is 0.494 e. The number of hydrogen-bond donors (Lipinski definition) is 2. The van der Waals surface area contributed by atoms with Crippen LogP contribution < -0.4 is 21.2 Å². The van der Waals surface area contributed by atoms with E-state index >= 15 is 0 Å². The average molecular weight is 410 g/mol. The van der Waals surface area contributed by atoms with Crippen LogP contribution in [0.1, 0.15) is 13.3 Å². The minimum atomic E-state index is -0.364. The smallest absolute Gasteiger partial charge is 0.273 e. The Morgan fingerprint density at radius 3 is 2.79 bits per heavy atom. The maximum absolute atomic E-state index is 12.5. The van der Waals surface area contributed by atoms with Crippen molar-refractivity contribution in [3.63, 3.8) is 0 Å². The molecule has 0 saturated heterocycles. The lowest BCUT2D eigenvalue weighted by atomic mass is 10.2. The van der Waals surface area contributed by atoms with Crippen molar-refractivity contribution in [2.45, 2.75) is 19.9 Å². The van der Waals surface area contributed by atoms with Gasteiger partial charge in [0, 0.05) is 6.42 Å². The number of amides is 1. The zero-order valence-corrected chi connectivity index (χ0v) is 16.4. The van der Waals surface area contributed by atoms with Gasteiger partial charge in [-0.25, -0.2) is 9.67 Å². The summed E-state index contributed by atoms with van der Waals surface area (Å²) >= 11 is 1.35. The number of fused-ring (bicyclic) bond motifs is 2. The predicted octanol–water partition coefficient (Wildman–Crippen LogP) is 2.73. The number of rotatable bonds is 6. The highest BCUT2D eigenvalue weighted by Gasteiger charge is 2.11. The summed E-state index contributed by atoms with van der Waals surface area (Å²) in [7, 11) is 0. The molecule has 0 fully saturated rings. The van der Waals surface area contributed by atoms with Crippen LogP contribution in [0.4, 0.5) is 5.13 Å². The lowest BCUT2D eigenvalue weighted by molar-refractivity contribution is -0.116. The van der Waals surface area contributed by atoms with Gasteiger partial charge in [-0.2, -0.15) is 0 Å². The summed E-state index contributed by atoms with van der Waals surface area (Å²) in [4.78, 5) is 41.3. The van der Waals surface area contributed by atoms with E-state index in [0.29, 0.717) is 22.5 Å². The van der Waals surface area contributed by atoms with Gasteiger partial charge in [-0.05, 0) is 37.3 Å². The van der Waals surface area contributed by atoms with Crippen molar-refractivity contribution in [3.8, 4) is 5.75 Å². The third-order valence-corrected chi connectivity index (χ3v) is 5.30. The molecule has 9 heteroatoms. The number of benzene rings is 2. The topological polar surface area (TPSA) is 106 Å². The first-order valence-corrected chi connectivity index (χ1v) is 9.92. The summed E-state index contributed by atoms with van der Waals surface area (Å²) < 4.78 is 7.54. The van der Waals surface area contributed by atoms with E-state index in [4.69, 9.17) is 4.74 Å². The van der Waals surface area contributed by atoms with Gasteiger partial charge < -0.3 is 10.1 Å². The standard InChI is InChI=1S/C20H18N4O4S/c1-2-28-12-7-8-15-16(11-12)29-20(21-15)22-17(25)9-10-24-19(27)14-6-4-3-5-13(14)18(26)23-24/h3-8,11H,2,9-10H2,1H3,(H,23,26)(H,21,22,25). The van der Waals surface area contributed by atoms with Crippen LogP contribution in [-0.4, -0.2) is 27.3 Å². The van der Waals surface area contributed by atoms with Gasteiger partial charge >= 0.3 is 0 Å². The van der Waals surface area contributed by atoms with Crippen LogP contribution in [0.3, 0.4) is 0 Å². The number of aromatic nitrogens is 3. The highest BCUT2D eigenvalue weighted by atomic mass is 32.1. The number of aryl methyl sites for hydroxylation is 1. The summed E-state index contributed by atoms with van der Waals surface area (Å²) in [5.41, 5.74) is 0.0668. The van der Waals surface area contributed by atoms with Crippen molar-refractivity contribution in [3.05, 3.63) is 63.2 Å². The molecule has 2 N–H and O–H groups in total. The zero-order chi connectivity index (χ0) is 20.4. The van der Waals surface area contributed by atoms with Gasteiger partial charge in [0.15, 0.2) is 5.13 Å². The Labute approximate surface area is 168 Å². The molecule has 0 unspecified atom stereocenters. The summed E-state index contributed by atoms with van der Waals surface area (Å²) in [6.07, 6.45) is 0.0221. The van der Waals surface area contributed by atoms with Gasteiger partial charge in [-0.3, -0.25) is 19.5 Å². The highest BCUT2D eigenvalue weighted by molar-refractivity contribution is 7.22. The second-order valence-corrected chi connectivity index (χ2v) is 7.35. The lowest BCUT2D eigenvalue weighted by Gasteiger charge is -2.07. The van der Waals surface area contributed by atoms with Gasteiger partial charge in [0.05, 0.1) is 34.1 Å². The maximum atomic E-state index is 12.5. The number of aromatic amines is 1. The van der Waals surface area contributed by atoms with E-state index in [1.807, 2.05) is 25.1 Å². The van der Waals surface area contributed by atoms with Crippen LogP contribution >= 0.6 is 11.3 Å². The van der Waals surface area contributed by atoms with E-state index in [-0.39, 0.29) is 30.0 Å². The highest BCUT2D eigenvalue weighted by Crippen LogP contribution is 2.29. The first kappa shape index (κ1) is 18.9. The monoisotopic (exact) mass is 410 g/mol. The molecule has 0 saturated carbocycles. The normalized spacial score (nSPS) is 11.1. The van der Waals surface area contributed by atoms with Gasteiger partial charge in [0.1, 0.15) is 5.75 Å². The summed E-state index contributed by atoms with van der Waals surface area (Å²) in [6, 6.07) is 12.1. The Morgan fingerprint density at radius 1 is 1.21 bits per heavy atom. The molecule has 0 spiro atoms. The van der Waals surface area contributed by atoms with Crippen LogP contribution in [0.15, 0.2) is 52.1 Å². The quantitative estimate of drug-likeness (QED) is 0.508. The molecule has 0 aliphatic carbocycles. The minimum absolute atomic E-state index is 0.0221. The Bertz CT molecular complexity index is 1320. The number of hydrogen-bond acceptors (Lipinski definition) is 6. The molecule has 4 rings (SSSR count). The molecular formula is C20H18N4O4S. The van der Waals surface area contributed by atoms with Crippen molar-refractivity contribution in [2.24, 2.45) is 0 Å². The molecule has 1 amide bonds. The van der Waals surface area contributed by atoms with Crippen molar-refractivity contribution >= 4 is 43.4 Å². The zero-order valence-electron chi connectivity index (χ0n) is 15.6. The van der Waals surface area contributed by atoms with Crippen molar-refractivity contribution < 1.29 is 9.53 Å². The molecule has 0 aliphatic heterocycles. The van der Waals surface area contributed by atoms with E-state index in [1.165, 1.54) is 11.3 Å². The fraction of sp³-hybridized carbons (Fsp3) is 0.200. The average Bonchev–Trinajstić information content (AvgIpc) is 3.11. The molecule has 29 heavy (non-hydrogen) atoms. The number of H-pyrrole nitrogens is 1. The van der Waals surface area contributed by atoms with Crippen LogP contribution in [0.25, 0.3) is 21.0 Å². The van der Waals surface area contributed by atoms with Gasteiger partial charge in [-0.15, -0.1) is 0 Å². The molecule has 0 bridgehead atoms. The number of carbonyl (C=O) groups excluding carboxylic acids is 1. The second kappa shape index (κ2) is 7.88. The maximum Gasteiger partial charge on any atom is 0.273 e. The number of thiazole rings is 1. The summed E-state index contributed by atoms with van der Waals surface area (Å²) in [5, 5.41) is 6.39. The second-order valence-electron chi connectivity index (χ2n) is 6.32. The van der Waals surface area contributed by atoms with E-state index in [9.17, 15) is 14.4 Å². The first-order valence-electron chi connectivity index (χ1n) is 9.10. The predicted molar refractivity (Wildman–Crippen MR) is 113 cm³/mol. The van der Waals surface area contributed by atoms with Crippen molar-refractivity contribution in [2.75, 3.05) is 11.9 Å². The molecule has 2 aromatic carbocycles. The molecule has 8 nitrogen and oxygen atoms in total. The Morgan fingerprint density at radius 2 is 2.00 bits per heavy atom. The molecule has 2 aromatic heterocycles. The van der Waals surface area contributed by atoms with Crippen molar-refractivity contribution in [1.29, 1.82) is 0 Å². The van der Waals surface area contributed by atoms with Crippen LogP contribution in [0.2, 0.25) is 0 Å². The minimum Gasteiger partial charge on any atom is -0.494 e. The molecule has 2 heterocycles. The van der Waals surface area contributed by atoms with E-state index in [1.54, 1.807) is 24.3 Å². The van der Waals surface area contributed by atoms with Crippen LogP contribution in [-0.2, 0) is 11.3 Å². The number of anilines is 1. The Kier molecular flexibility index (Phi) is 5.13. The van der Waals surface area contributed by atoms with Gasteiger partial charge in [0.2, 0.25) is 5.91 Å². The van der Waals surface area contributed by atoms with E-state index in [2.05, 4.69) is 15.4 Å². The number of carbonyl (C=O) groups is 1. The van der Waals surface area contributed by atoms with Crippen molar-refractivity contribution in [1.82, 2.24) is 14.8 Å². The summed E-state index contributed by atoms with van der Waals surface area (Å²) in [6.45, 7) is 2.55. The molecule has 0 aliphatic rings. The molecule has 0 radical (unpaired) electrons. The van der Waals surface area contributed by atoms with Gasteiger partial charge in [-0.1, -0.05) is 23.5 Å². The van der Waals surface area contributed by atoms with Crippen LogP contribution in [0.5, 0.6) is 5.75 Å². The van der Waals surface area contributed by atoms with Gasteiger partial charge in [0.25, 0.3) is 11.1 Å². The molecular weight excluding hydrogens is 392 g/mol. The SMILES string of the molecule is CCOc1ccc2nc(NC(=O)CCn3[nH]c(=O)c4ccccc4c3=O)sc2c1. The number of nitrogens with one attached hydrogen (secondary N) is 2. The molecule has 4 aromatic rings. The number of ether oxygens (including phenoxy) is 1. The fourth-order valence-electron chi connectivity index (χ4n) is 3.01. The summed E-state index contributed by atoms with van der Waals surface area (Å²) in [5.74, 6) is 0.455. The Hall–Kier alpha value is -3.46. The molecule has 0 atom stereocenters. The van der Waals surface area contributed by atoms with Crippen LogP contribution in [0, 0.1) is 0 Å². The first-order chi connectivity index (χ1) is 14.0. The van der Waals surface area contributed by atoms with E-state index < -0.39 is 0 Å². The molecule has 148 valence electrons. The third kappa shape index (κ3) is 3.90. The fourth-order valence-corrected chi connectivity index (χ4v) is 3.92. The Balaban J connectivity index is 1.47. The van der Waals surface area contributed by atoms with E-state index in [0.717, 1.165) is 20.6 Å². The third-order valence-electron chi connectivity index (χ3n) is 4.36. The lowest BCUT2D eigenvalue weighted by Crippen LogP contribution is -2.31.